The van der Waals surface area contributed by atoms with Gasteiger partial charge in [-0.1, -0.05) is 44.3 Å². The van der Waals surface area contributed by atoms with Gasteiger partial charge in [-0.3, -0.25) is 4.79 Å². The van der Waals surface area contributed by atoms with E-state index in [0.717, 1.165) is 19.3 Å². The number of aliphatic carboxylic acids is 1. The van der Waals surface area contributed by atoms with Gasteiger partial charge in [0, 0.05) is 18.3 Å². The summed E-state index contributed by atoms with van der Waals surface area (Å²) in [7, 11) is 0. The first-order chi connectivity index (χ1) is 10.5. The van der Waals surface area contributed by atoms with E-state index >= 15 is 0 Å². The summed E-state index contributed by atoms with van der Waals surface area (Å²) < 4.78 is 0. The van der Waals surface area contributed by atoms with Gasteiger partial charge >= 0.3 is 5.97 Å². The fraction of sp³-hybridized carbons (Fsp3) is 0.824. The third kappa shape index (κ3) is 4.80. The van der Waals surface area contributed by atoms with Crippen molar-refractivity contribution in [2.75, 3.05) is 0 Å². The highest BCUT2D eigenvalue weighted by Crippen LogP contribution is 2.36. The second-order valence-corrected chi connectivity index (χ2v) is 6.90. The van der Waals surface area contributed by atoms with Crippen molar-refractivity contribution >= 4 is 5.97 Å². The Morgan fingerprint density at radius 3 is 2.45 bits per heavy atom. The number of aliphatic hydroxyl groups excluding tert-OH is 3. The van der Waals surface area contributed by atoms with E-state index in [-0.39, 0.29) is 12.8 Å². The van der Waals surface area contributed by atoms with Crippen molar-refractivity contribution in [1.29, 1.82) is 0 Å². The van der Waals surface area contributed by atoms with Crippen LogP contribution in [0, 0.1) is 17.8 Å². The van der Waals surface area contributed by atoms with Gasteiger partial charge in [0.05, 0.1) is 24.7 Å². The molecule has 5 atom stereocenters. The summed E-state index contributed by atoms with van der Waals surface area (Å²) in [5, 5.41) is 38.9. The van der Waals surface area contributed by atoms with E-state index in [9.17, 15) is 20.1 Å². The van der Waals surface area contributed by atoms with Crippen LogP contribution in [0.3, 0.4) is 0 Å². The van der Waals surface area contributed by atoms with Crippen LogP contribution in [-0.2, 0) is 4.79 Å². The molecule has 0 radical (unpaired) electrons. The Kier molecular flexibility index (Phi) is 6.41. The van der Waals surface area contributed by atoms with Crippen LogP contribution < -0.4 is 0 Å². The van der Waals surface area contributed by atoms with Gasteiger partial charge in [0.1, 0.15) is 0 Å². The molecule has 2 rings (SSSR count). The molecule has 4 N–H and O–H groups in total. The summed E-state index contributed by atoms with van der Waals surface area (Å²) >= 11 is 0. The minimum Gasteiger partial charge on any atom is -0.481 e. The molecule has 0 amide bonds. The highest BCUT2D eigenvalue weighted by molar-refractivity contribution is 5.67. The predicted octanol–water partition coefficient (Wildman–Crippen LogP) is 1.71. The van der Waals surface area contributed by atoms with Crippen LogP contribution >= 0.6 is 0 Å². The maximum Gasteiger partial charge on any atom is 0.303 e. The molecule has 2 aliphatic rings. The zero-order valence-corrected chi connectivity index (χ0v) is 13.0. The highest BCUT2D eigenvalue weighted by Gasteiger charge is 2.41. The average molecular weight is 312 g/mol. The first-order valence-corrected chi connectivity index (χ1v) is 8.41. The Bertz CT molecular complexity index is 389. The van der Waals surface area contributed by atoms with Crippen LogP contribution in [0.25, 0.3) is 0 Å². The van der Waals surface area contributed by atoms with Gasteiger partial charge in [-0.15, -0.1) is 0 Å². The Morgan fingerprint density at radius 2 is 1.82 bits per heavy atom. The van der Waals surface area contributed by atoms with Gasteiger partial charge in [0.25, 0.3) is 0 Å². The molecular formula is C17H28O5. The lowest BCUT2D eigenvalue weighted by atomic mass is 9.85. The van der Waals surface area contributed by atoms with Crippen molar-refractivity contribution in [2.24, 2.45) is 17.8 Å². The van der Waals surface area contributed by atoms with Crippen LogP contribution in [-0.4, -0.2) is 44.7 Å². The molecule has 0 bridgehead atoms. The standard InChI is InChI=1S/C17H28O5/c18-12(8-11-4-2-1-3-5-11)6-7-13-14(9-17(21)22)16(20)10-15(13)19/h6-7,11-16,18-20H,1-5,8-10H2,(H,21,22). The molecule has 0 aromatic carbocycles. The Morgan fingerprint density at radius 1 is 1.14 bits per heavy atom. The van der Waals surface area contributed by atoms with Crippen LogP contribution in [0.2, 0.25) is 0 Å². The maximum absolute atomic E-state index is 10.9. The fourth-order valence-corrected chi connectivity index (χ4v) is 3.97. The van der Waals surface area contributed by atoms with Crippen LogP contribution in [0.5, 0.6) is 0 Å². The minimum absolute atomic E-state index is 0.161. The van der Waals surface area contributed by atoms with Crippen LogP contribution in [0.4, 0.5) is 0 Å². The molecule has 126 valence electrons. The molecule has 5 heteroatoms. The molecule has 5 nitrogen and oxygen atoms in total. The maximum atomic E-state index is 10.9. The summed E-state index contributed by atoms with van der Waals surface area (Å²) in [5.41, 5.74) is 0. The molecule has 0 spiro atoms. The average Bonchev–Trinajstić information content (AvgIpc) is 2.71. The second-order valence-electron chi connectivity index (χ2n) is 6.90. The summed E-state index contributed by atoms with van der Waals surface area (Å²) in [6.45, 7) is 0. The lowest BCUT2D eigenvalue weighted by molar-refractivity contribution is -0.139. The lowest BCUT2D eigenvalue weighted by Crippen LogP contribution is -2.24. The van der Waals surface area contributed by atoms with Crippen LogP contribution in [0.15, 0.2) is 12.2 Å². The first kappa shape index (κ1) is 17.4. The van der Waals surface area contributed by atoms with E-state index < -0.39 is 36.1 Å². The molecule has 0 saturated heterocycles. The Labute approximate surface area is 131 Å². The van der Waals surface area contributed by atoms with Crippen molar-refractivity contribution in [3.8, 4) is 0 Å². The van der Waals surface area contributed by atoms with Crippen molar-refractivity contribution in [2.45, 2.75) is 69.7 Å². The number of carboxylic acid groups (broad SMARTS) is 1. The molecule has 2 fully saturated rings. The first-order valence-electron chi connectivity index (χ1n) is 8.41. The number of rotatable bonds is 6. The largest absolute Gasteiger partial charge is 0.481 e. The summed E-state index contributed by atoms with van der Waals surface area (Å²) in [6, 6.07) is 0. The molecular weight excluding hydrogens is 284 g/mol. The topological polar surface area (TPSA) is 98.0 Å². The van der Waals surface area contributed by atoms with E-state index in [2.05, 4.69) is 0 Å². The number of carboxylic acids is 1. The fourth-order valence-electron chi connectivity index (χ4n) is 3.97. The zero-order chi connectivity index (χ0) is 16.1. The zero-order valence-electron chi connectivity index (χ0n) is 13.0. The number of aliphatic hydroxyl groups is 3. The van der Waals surface area contributed by atoms with Crippen molar-refractivity contribution < 1.29 is 25.2 Å². The Hall–Kier alpha value is -0.910. The quantitative estimate of drug-likeness (QED) is 0.560. The second kappa shape index (κ2) is 8.09. The van der Waals surface area contributed by atoms with Gasteiger partial charge < -0.3 is 20.4 Å². The molecule has 0 heterocycles. The molecule has 2 aliphatic carbocycles. The summed E-state index contributed by atoms with van der Waals surface area (Å²) in [5.74, 6) is -1.29. The normalized spacial score (nSPS) is 35.0. The molecule has 5 unspecified atom stereocenters. The highest BCUT2D eigenvalue weighted by atomic mass is 16.4. The summed E-state index contributed by atoms with van der Waals surface area (Å²) in [6.07, 6.45) is 8.14. The van der Waals surface area contributed by atoms with E-state index in [0.29, 0.717) is 5.92 Å². The van der Waals surface area contributed by atoms with Crippen molar-refractivity contribution in [3.63, 3.8) is 0 Å². The number of hydrogen-bond acceptors (Lipinski definition) is 4. The third-order valence-electron chi connectivity index (χ3n) is 5.18. The molecule has 0 aromatic heterocycles. The molecule has 0 aliphatic heterocycles. The van der Waals surface area contributed by atoms with E-state index in [1.54, 1.807) is 12.2 Å². The molecule has 22 heavy (non-hydrogen) atoms. The smallest absolute Gasteiger partial charge is 0.303 e. The number of hydrogen-bond donors (Lipinski definition) is 4. The third-order valence-corrected chi connectivity index (χ3v) is 5.18. The van der Waals surface area contributed by atoms with E-state index in [1.165, 1.54) is 19.3 Å². The summed E-state index contributed by atoms with van der Waals surface area (Å²) in [4.78, 5) is 10.9. The molecule has 2 saturated carbocycles. The molecule has 0 aromatic rings. The SMILES string of the molecule is O=C(O)CC1C(O)CC(O)C1C=CC(O)CC1CCCCC1. The van der Waals surface area contributed by atoms with Gasteiger partial charge in [-0.25, -0.2) is 0 Å². The van der Waals surface area contributed by atoms with E-state index in [1.807, 2.05) is 0 Å². The monoisotopic (exact) mass is 312 g/mol. The van der Waals surface area contributed by atoms with Crippen molar-refractivity contribution in [3.05, 3.63) is 12.2 Å². The Balaban J connectivity index is 1.89. The van der Waals surface area contributed by atoms with Gasteiger partial charge in [0.2, 0.25) is 0 Å². The predicted molar refractivity (Wildman–Crippen MR) is 82.2 cm³/mol. The van der Waals surface area contributed by atoms with Gasteiger partial charge in [-0.05, 0) is 12.3 Å². The lowest BCUT2D eigenvalue weighted by Gasteiger charge is -2.23. The van der Waals surface area contributed by atoms with Crippen molar-refractivity contribution in [1.82, 2.24) is 0 Å². The van der Waals surface area contributed by atoms with E-state index in [4.69, 9.17) is 5.11 Å². The number of carbonyl (C=O) groups is 1. The van der Waals surface area contributed by atoms with Gasteiger partial charge in [0.15, 0.2) is 0 Å². The minimum atomic E-state index is -0.973. The van der Waals surface area contributed by atoms with Gasteiger partial charge in [-0.2, -0.15) is 0 Å². The van der Waals surface area contributed by atoms with Crippen LogP contribution in [0.1, 0.15) is 51.4 Å².